The largest absolute Gasteiger partial charge is 0.480 e. The lowest BCUT2D eigenvalue weighted by Gasteiger charge is -2.07. The Labute approximate surface area is 110 Å². The molecular weight excluding hydrogens is 258 g/mol. The third kappa shape index (κ3) is 8.82. The number of rotatable bonds is 8. The summed E-state index contributed by atoms with van der Waals surface area (Å²) in [6.45, 7) is 2.42. The Bertz CT molecular complexity index is 299. The van der Waals surface area contributed by atoms with E-state index in [0.29, 0.717) is 12.3 Å². The number of carboxylic acid groups (broad SMARTS) is 1. The fourth-order valence-corrected chi connectivity index (χ4v) is 1.77. The van der Waals surface area contributed by atoms with Crippen molar-refractivity contribution in [3.63, 3.8) is 0 Å². The number of carbonyl (C=O) groups is 3. The fourth-order valence-electron chi connectivity index (χ4n) is 0.944. The summed E-state index contributed by atoms with van der Waals surface area (Å²) >= 11 is 1.24. The summed E-state index contributed by atoms with van der Waals surface area (Å²) in [5.74, 6) is -0.903. The lowest BCUT2D eigenvalue weighted by atomic mass is 10.2. The van der Waals surface area contributed by atoms with Crippen molar-refractivity contribution >= 4 is 29.7 Å². The second kappa shape index (κ2) is 9.72. The van der Waals surface area contributed by atoms with E-state index >= 15 is 0 Å². The number of carbonyl (C=O) groups excluding carboxylic acids is 2. The molecule has 0 spiro atoms. The van der Waals surface area contributed by atoms with Gasteiger partial charge >= 0.3 is 12.0 Å². The molecule has 8 heteroatoms. The maximum absolute atomic E-state index is 11.3. The molecule has 18 heavy (non-hydrogen) atoms. The van der Waals surface area contributed by atoms with Crippen LogP contribution in [0.3, 0.4) is 0 Å². The standard InChI is InChI=1S/C10H19N3O4S/c1-2-4-12-10(17)13-8(14)6-18-5-3-7(11)9(15)16/h7H,2-6,11H2,1H3,(H,15,16)(H2,12,13,14,17). The summed E-state index contributed by atoms with van der Waals surface area (Å²) in [5.41, 5.74) is 5.29. The zero-order valence-electron chi connectivity index (χ0n) is 10.3. The number of carboxylic acids is 1. The molecule has 104 valence electrons. The van der Waals surface area contributed by atoms with Crippen molar-refractivity contribution in [1.29, 1.82) is 0 Å². The van der Waals surface area contributed by atoms with Gasteiger partial charge in [-0.25, -0.2) is 4.79 Å². The van der Waals surface area contributed by atoms with Crippen LogP contribution >= 0.6 is 11.8 Å². The number of urea groups is 1. The van der Waals surface area contributed by atoms with E-state index in [1.807, 2.05) is 6.92 Å². The average Bonchev–Trinajstić information content (AvgIpc) is 2.31. The van der Waals surface area contributed by atoms with E-state index in [9.17, 15) is 14.4 Å². The fraction of sp³-hybridized carbons (Fsp3) is 0.700. The van der Waals surface area contributed by atoms with Crippen molar-refractivity contribution in [3.8, 4) is 0 Å². The second-order valence-corrected chi connectivity index (χ2v) is 4.70. The van der Waals surface area contributed by atoms with E-state index in [2.05, 4.69) is 10.6 Å². The van der Waals surface area contributed by atoms with Crippen LogP contribution in [0.4, 0.5) is 4.79 Å². The second-order valence-electron chi connectivity index (χ2n) is 3.59. The number of hydrogen-bond donors (Lipinski definition) is 4. The van der Waals surface area contributed by atoms with Gasteiger partial charge in [0.2, 0.25) is 5.91 Å². The Balaban J connectivity index is 3.59. The van der Waals surface area contributed by atoms with E-state index in [4.69, 9.17) is 10.8 Å². The Morgan fingerprint density at radius 1 is 1.39 bits per heavy atom. The van der Waals surface area contributed by atoms with E-state index in [1.54, 1.807) is 0 Å². The molecular formula is C10H19N3O4S. The summed E-state index contributed by atoms with van der Waals surface area (Å²) in [4.78, 5) is 32.8. The van der Waals surface area contributed by atoms with Gasteiger partial charge in [0.25, 0.3) is 0 Å². The molecule has 0 aromatic heterocycles. The zero-order valence-corrected chi connectivity index (χ0v) is 11.1. The van der Waals surface area contributed by atoms with Gasteiger partial charge in [-0.2, -0.15) is 11.8 Å². The van der Waals surface area contributed by atoms with Gasteiger partial charge in [-0.05, 0) is 18.6 Å². The molecule has 1 unspecified atom stereocenters. The summed E-state index contributed by atoms with van der Waals surface area (Å²) in [6.07, 6.45) is 1.08. The van der Waals surface area contributed by atoms with Crippen molar-refractivity contribution in [2.75, 3.05) is 18.1 Å². The van der Waals surface area contributed by atoms with Crippen LogP contribution in [0.1, 0.15) is 19.8 Å². The molecule has 0 radical (unpaired) electrons. The first-order valence-corrected chi connectivity index (χ1v) is 6.76. The van der Waals surface area contributed by atoms with E-state index in [-0.39, 0.29) is 12.2 Å². The predicted molar refractivity (Wildman–Crippen MR) is 69.4 cm³/mol. The molecule has 0 aliphatic carbocycles. The number of amides is 3. The monoisotopic (exact) mass is 277 g/mol. The first-order chi connectivity index (χ1) is 8.47. The highest BCUT2D eigenvalue weighted by molar-refractivity contribution is 7.99. The first kappa shape index (κ1) is 16.7. The van der Waals surface area contributed by atoms with E-state index in [0.717, 1.165) is 6.42 Å². The minimum Gasteiger partial charge on any atom is -0.480 e. The summed E-state index contributed by atoms with van der Waals surface area (Å²) in [7, 11) is 0. The molecule has 1 atom stereocenters. The number of thioether (sulfide) groups is 1. The average molecular weight is 277 g/mol. The van der Waals surface area contributed by atoms with E-state index in [1.165, 1.54) is 11.8 Å². The highest BCUT2D eigenvalue weighted by atomic mass is 32.2. The van der Waals surface area contributed by atoms with Crippen LogP contribution in [0.5, 0.6) is 0 Å². The van der Waals surface area contributed by atoms with Crippen molar-refractivity contribution < 1.29 is 19.5 Å². The Morgan fingerprint density at radius 3 is 2.61 bits per heavy atom. The molecule has 0 heterocycles. The van der Waals surface area contributed by atoms with Gasteiger partial charge in [0.05, 0.1) is 5.75 Å². The van der Waals surface area contributed by atoms with Crippen LogP contribution in [0, 0.1) is 0 Å². The molecule has 5 N–H and O–H groups in total. The summed E-state index contributed by atoms with van der Waals surface area (Å²) in [6, 6.07) is -1.42. The highest BCUT2D eigenvalue weighted by Gasteiger charge is 2.11. The van der Waals surface area contributed by atoms with E-state index < -0.39 is 23.9 Å². The molecule has 0 aromatic rings. The SMILES string of the molecule is CCCNC(=O)NC(=O)CSCCC(N)C(=O)O. The number of nitrogens with one attached hydrogen (secondary N) is 2. The zero-order chi connectivity index (χ0) is 14.0. The molecule has 0 aromatic carbocycles. The van der Waals surface area contributed by atoms with Gasteiger partial charge in [-0.1, -0.05) is 6.92 Å². The minimum atomic E-state index is -1.06. The topological polar surface area (TPSA) is 122 Å². The molecule has 0 fully saturated rings. The van der Waals surface area contributed by atoms with Crippen molar-refractivity contribution in [2.45, 2.75) is 25.8 Å². The number of aliphatic carboxylic acids is 1. The van der Waals surface area contributed by atoms with Crippen LogP contribution in [0.25, 0.3) is 0 Å². The van der Waals surface area contributed by atoms with Crippen LogP contribution in [-0.4, -0.2) is 47.1 Å². The third-order valence-electron chi connectivity index (χ3n) is 1.91. The third-order valence-corrected chi connectivity index (χ3v) is 2.90. The number of imide groups is 1. The lowest BCUT2D eigenvalue weighted by molar-refractivity contribution is -0.138. The van der Waals surface area contributed by atoms with Gasteiger partial charge in [0.1, 0.15) is 6.04 Å². The molecule has 7 nitrogen and oxygen atoms in total. The van der Waals surface area contributed by atoms with Gasteiger partial charge in [0.15, 0.2) is 0 Å². The summed E-state index contributed by atoms with van der Waals surface area (Å²) in [5, 5.41) is 13.2. The van der Waals surface area contributed by atoms with Gasteiger partial charge in [-0.3, -0.25) is 14.9 Å². The van der Waals surface area contributed by atoms with Crippen LogP contribution in [0.15, 0.2) is 0 Å². The normalized spacial score (nSPS) is 11.7. The Hall–Kier alpha value is -1.28. The lowest BCUT2D eigenvalue weighted by Crippen LogP contribution is -2.40. The molecule has 3 amide bonds. The van der Waals surface area contributed by atoms with Crippen LogP contribution in [-0.2, 0) is 9.59 Å². The van der Waals surface area contributed by atoms with Crippen LogP contribution < -0.4 is 16.4 Å². The highest BCUT2D eigenvalue weighted by Crippen LogP contribution is 2.03. The Morgan fingerprint density at radius 2 is 2.06 bits per heavy atom. The Kier molecular flexibility index (Phi) is 9.03. The quantitative estimate of drug-likeness (QED) is 0.454. The number of hydrogen-bond acceptors (Lipinski definition) is 5. The maximum atomic E-state index is 11.3. The first-order valence-electron chi connectivity index (χ1n) is 5.61. The number of nitrogens with two attached hydrogens (primary N) is 1. The van der Waals surface area contributed by atoms with Crippen molar-refractivity contribution in [2.24, 2.45) is 5.73 Å². The maximum Gasteiger partial charge on any atom is 0.321 e. The predicted octanol–water partition coefficient (Wildman–Crippen LogP) is -0.243. The van der Waals surface area contributed by atoms with Gasteiger partial charge in [0, 0.05) is 6.54 Å². The smallest absolute Gasteiger partial charge is 0.321 e. The molecule has 0 rings (SSSR count). The summed E-state index contributed by atoms with van der Waals surface area (Å²) < 4.78 is 0. The van der Waals surface area contributed by atoms with Gasteiger partial charge < -0.3 is 16.2 Å². The molecule has 0 aliphatic heterocycles. The molecule has 0 aliphatic rings. The molecule has 0 saturated carbocycles. The van der Waals surface area contributed by atoms with Crippen molar-refractivity contribution in [3.05, 3.63) is 0 Å². The molecule has 0 saturated heterocycles. The van der Waals surface area contributed by atoms with Crippen LogP contribution in [0.2, 0.25) is 0 Å². The minimum absolute atomic E-state index is 0.103. The van der Waals surface area contributed by atoms with Crippen molar-refractivity contribution in [1.82, 2.24) is 10.6 Å². The molecule has 0 bridgehead atoms. The van der Waals surface area contributed by atoms with Gasteiger partial charge in [-0.15, -0.1) is 0 Å².